The first kappa shape index (κ1) is 8.23. The average Bonchev–Trinajstić information content (AvgIpc) is 2.50. The molecule has 0 radical (unpaired) electrons. The van der Waals surface area contributed by atoms with Crippen LogP contribution < -0.4 is 5.73 Å². The van der Waals surface area contributed by atoms with Crippen LogP contribution in [-0.2, 0) is 6.54 Å². The normalized spacial score (nSPS) is 13.4. The third kappa shape index (κ3) is 1.78. The van der Waals surface area contributed by atoms with Crippen molar-refractivity contribution >= 4 is 0 Å². The minimum atomic E-state index is 0.0373. The number of aliphatic hydroxyl groups excluding tert-OH is 1. The Balaban J connectivity index is 2.71. The van der Waals surface area contributed by atoms with Crippen LogP contribution in [0.15, 0.2) is 12.4 Å². The van der Waals surface area contributed by atoms with Gasteiger partial charge in [0, 0.05) is 18.3 Å². The largest absolute Gasteiger partial charge is 0.394 e. The predicted octanol–water partition coefficient (Wildman–Crippen LogP) is -0.105. The monoisotopic (exact) mass is 155 g/mol. The van der Waals surface area contributed by atoms with E-state index in [1.165, 1.54) is 0 Å². The first-order chi connectivity index (χ1) is 5.27. The van der Waals surface area contributed by atoms with E-state index >= 15 is 0 Å². The van der Waals surface area contributed by atoms with Crippen molar-refractivity contribution in [3.8, 4) is 0 Å². The molecule has 1 rings (SSSR count). The van der Waals surface area contributed by atoms with Crippen molar-refractivity contribution in [3.05, 3.63) is 18.0 Å². The first-order valence-corrected chi connectivity index (χ1v) is 3.62. The molecule has 0 aliphatic heterocycles. The maximum Gasteiger partial charge on any atom is 0.0721 e. The Bertz CT molecular complexity index is 221. The summed E-state index contributed by atoms with van der Waals surface area (Å²) in [6.07, 6.45) is 3.56. The minimum Gasteiger partial charge on any atom is -0.394 e. The minimum absolute atomic E-state index is 0.0373. The fourth-order valence-corrected chi connectivity index (χ4v) is 0.807. The number of aliphatic hydroxyl groups is 1. The zero-order chi connectivity index (χ0) is 8.27. The molecule has 3 N–H and O–H groups in total. The van der Waals surface area contributed by atoms with Crippen molar-refractivity contribution in [1.82, 2.24) is 9.78 Å². The van der Waals surface area contributed by atoms with E-state index in [1.807, 2.05) is 13.1 Å². The second-order valence-corrected chi connectivity index (χ2v) is 2.56. The van der Waals surface area contributed by atoms with Crippen LogP contribution in [-0.4, -0.2) is 21.5 Å². The molecule has 1 aromatic rings. The summed E-state index contributed by atoms with van der Waals surface area (Å²) in [5.74, 6) is 0. The lowest BCUT2D eigenvalue weighted by Crippen LogP contribution is -2.09. The second kappa shape index (κ2) is 3.50. The van der Waals surface area contributed by atoms with E-state index in [1.54, 1.807) is 10.9 Å². The Morgan fingerprint density at radius 3 is 3.00 bits per heavy atom. The third-order valence-corrected chi connectivity index (χ3v) is 1.61. The van der Waals surface area contributed by atoms with Crippen LogP contribution in [0.25, 0.3) is 0 Å². The van der Waals surface area contributed by atoms with Crippen LogP contribution in [0.5, 0.6) is 0 Å². The topological polar surface area (TPSA) is 64.1 Å². The van der Waals surface area contributed by atoms with Crippen molar-refractivity contribution in [2.75, 3.05) is 6.61 Å². The lowest BCUT2D eigenvalue weighted by atomic mass is 10.3. The molecule has 1 heterocycles. The van der Waals surface area contributed by atoms with Gasteiger partial charge in [-0.1, -0.05) is 0 Å². The molecule has 0 bridgehead atoms. The molecule has 0 saturated carbocycles. The Hall–Kier alpha value is -0.870. The van der Waals surface area contributed by atoms with Gasteiger partial charge >= 0.3 is 0 Å². The van der Waals surface area contributed by atoms with Crippen LogP contribution in [0, 0.1) is 0 Å². The van der Waals surface area contributed by atoms with Gasteiger partial charge in [-0.05, 0) is 6.92 Å². The summed E-state index contributed by atoms with van der Waals surface area (Å²) in [5.41, 5.74) is 6.38. The highest BCUT2D eigenvalue weighted by molar-refractivity contribution is 5.03. The molecule has 1 unspecified atom stereocenters. The summed E-state index contributed by atoms with van der Waals surface area (Å²) in [4.78, 5) is 0. The summed E-state index contributed by atoms with van der Waals surface area (Å²) >= 11 is 0. The number of rotatable bonds is 3. The van der Waals surface area contributed by atoms with Gasteiger partial charge in [-0.25, -0.2) is 0 Å². The lowest BCUT2D eigenvalue weighted by Gasteiger charge is -2.06. The maximum atomic E-state index is 8.78. The van der Waals surface area contributed by atoms with E-state index in [-0.39, 0.29) is 12.6 Å². The highest BCUT2D eigenvalue weighted by Crippen LogP contribution is 2.04. The van der Waals surface area contributed by atoms with E-state index in [2.05, 4.69) is 5.10 Å². The fraction of sp³-hybridized carbons (Fsp3) is 0.571. The van der Waals surface area contributed by atoms with E-state index in [9.17, 15) is 0 Å². The summed E-state index contributed by atoms with van der Waals surface area (Å²) in [7, 11) is 0. The molecule has 4 nitrogen and oxygen atoms in total. The van der Waals surface area contributed by atoms with Crippen LogP contribution in [0.3, 0.4) is 0 Å². The van der Waals surface area contributed by atoms with Crippen LogP contribution in [0.2, 0.25) is 0 Å². The molecule has 11 heavy (non-hydrogen) atoms. The van der Waals surface area contributed by atoms with Crippen LogP contribution >= 0.6 is 0 Å². The smallest absolute Gasteiger partial charge is 0.0721 e. The van der Waals surface area contributed by atoms with Gasteiger partial charge in [-0.2, -0.15) is 5.10 Å². The zero-order valence-corrected chi connectivity index (χ0v) is 6.57. The number of nitrogens with two attached hydrogens (primary N) is 1. The number of hydrogen-bond acceptors (Lipinski definition) is 3. The van der Waals surface area contributed by atoms with Gasteiger partial charge in [0.05, 0.1) is 18.8 Å². The van der Waals surface area contributed by atoms with Crippen molar-refractivity contribution in [3.63, 3.8) is 0 Å². The molecule has 0 saturated heterocycles. The predicted molar refractivity (Wildman–Crippen MR) is 41.9 cm³/mol. The quantitative estimate of drug-likeness (QED) is 0.640. The zero-order valence-electron chi connectivity index (χ0n) is 6.57. The molecule has 0 fully saturated rings. The first-order valence-electron chi connectivity index (χ1n) is 3.62. The van der Waals surface area contributed by atoms with Crippen molar-refractivity contribution in [1.29, 1.82) is 0 Å². The third-order valence-electron chi connectivity index (χ3n) is 1.61. The van der Waals surface area contributed by atoms with E-state index in [0.717, 1.165) is 5.56 Å². The molecule has 0 spiro atoms. The second-order valence-electron chi connectivity index (χ2n) is 2.56. The summed E-state index contributed by atoms with van der Waals surface area (Å²) in [6, 6.07) is 0.0373. The average molecular weight is 155 g/mol. The summed E-state index contributed by atoms with van der Waals surface area (Å²) < 4.78 is 1.71. The Labute approximate surface area is 65.6 Å². The maximum absolute atomic E-state index is 8.78. The van der Waals surface area contributed by atoms with Crippen molar-refractivity contribution in [2.24, 2.45) is 5.73 Å². The highest BCUT2D eigenvalue weighted by atomic mass is 16.3. The van der Waals surface area contributed by atoms with Gasteiger partial charge in [-0.3, -0.25) is 4.68 Å². The number of nitrogens with zero attached hydrogens (tertiary/aromatic N) is 2. The molecular weight excluding hydrogens is 142 g/mol. The fourth-order valence-electron chi connectivity index (χ4n) is 0.807. The summed E-state index contributed by atoms with van der Waals surface area (Å²) in [5, 5.41) is 12.8. The molecule has 4 heteroatoms. The summed E-state index contributed by atoms with van der Waals surface area (Å²) in [6.45, 7) is 2.50. The molecule has 0 aliphatic rings. The lowest BCUT2D eigenvalue weighted by molar-refractivity contribution is 0.229. The molecule has 0 aromatic carbocycles. The van der Waals surface area contributed by atoms with Crippen molar-refractivity contribution < 1.29 is 5.11 Å². The van der Waals surface area contributed by atoms with Crippen LogP contribution in [0.4, 0.5) is 0 Å². The molecule has 1 aromatic heterocycles. The number of hydrogen-bond donors (Lipinski definition) is 2. The molecule has 1 atom stereocenters. The van der Waals surface area contributed by atoms with Crippen LogP contribution in [0.1, 0.15) is 18.5 Å². The highest BCUT2D eigenvalue weighted by Gasteiger charge is 2.03. The molecule has 0 amide bonds. The molecule has 0 aliphatic carbocycles. The molecular formula is C7H13N3O. The standard InChI is InChI=1S/C7H13N3O/c1-6(5-11)10-4-7(2-8)3-9-10/h3-4,6,11H,2,5,8H2,1H3. The van der Waals surface area contributed by atoms with Gasteiger partial charge < -0.3 is 10.8 Å². The van der Waals surface area contributed by atoms with Gasteiger partial charge in [0.2, 0.25) is 0 Å². The van der Waals surface area contributed by atoms with E-state index in [0.29, 0.717) is 6.54 Å². The molecule has 62 valence electrons. The van der Waals surface area contributed by atoms with E-state index in [4.69, 9.17) is 10.8 Å². The van der Waals surface area contributed by atoms with E-state index < -0.39 is 0 Å². The number of aromatic nitrogens is 2. The Morgan fingerprint density at radius 2 is 2.55 bits per heavy atom. The van der Waals surface area contributed by atoms with Gasteiger partial charge in [0.1, 0.15) is 0 Å². The van der Waals surface area contributed by atoms with Gasteiger partial charge in [-0.15, -0.1) is 0 Å². The van der Waals surface area contributed by atoms with Gasteiger partial charge in [0.15, 0.2) is 0 Å². The SMILES string of the molecule is CC(CO)n1cc(CN)cn1. The van der Waals surface area contributed by atoms with Gasteiger partial charge in [0.25, 0.3) is 0 Å². The Morgan fingerprint density at radius 1 is 1.82 bits per heavy atom. The van der Waals surface area contributed by atoms with Crippen molar-refractivity contribution in [2.45, 2.75) is 19.5 Å². The Kier molecular flexibility index (Phi) is 2.62.